The summed E-state index contributed by atoms with van der Waals surface area (Å²) in [6, 6.07) is 6.50. The van der Waals surface area contributed by atoms with Gasteiger partial charge in [0.25, 0.3) is 0 Å². The summed E-state index contributed by atoms with van der Waals surface area (Å²) in [4.78, 5) is 26.3. The van der Waals surface area contributed by atoms with Gasteiger partial charge in [0.1, 0.15) is 11.6 Å². The Morgan fingerprint density at radius 2 is 2.05 bits per heavy atom. The van der Waals surface area contributed by atoms with Crippen LogP contribution in [-0.4, -0.2) is 33.8 Å². The lowest BCUT2D eigenvalue weighted by Crippen LogP contribution is -2.44. The first-order valence-electron chi connectivity index (χ1n) is 7.03. The molecule has 118 valence electrons. The highest BCUT2D eigenvalue weighted by atomic mass is 16.6. The lowest BCUT2D eigenvalue weighted by molar-refractivity contribution is -0.139. The summed E-state index contributed by atoms with van der Waals surface area (Å²) >= 11 is 0. The number of hydrogen-bond acceptors (Lipinski definition) is 3. The number of fused-ring (bicyclic) bond motifs is 1. The minimum absolute atomic E-state index is 0.173. The molecular formula is C16H20N2O4. The van der Waals surface area contributed by atoms with E-state index in [4.69, 9.17) is 4.74 Å². The summed E-state index contributed by atoms with van der Waals surface area (Å²) < 4.78 is 5.11. The molecule has 0 aliphatic heterocycles. The van der Waals surface area contributed by atoms with E-state index in [1.165, 1.54) is 0 Å². The van der Waals surface area contributed by atoms with E-state index in [2.05, 4.69) is 10.3 Å². The Hall–Kier alpha value is -2.50. The van der Waals surface area contributed by atoms with Gasteiger partial charge >= 0.3 is 12.1 Å². The summed E-state index contributed by atoms with van der Waals surface area (Å²) in [7, 11) is 0. The zero-order chi connectivity index (χ0) is 16.3. The second-order valence-electron chi connectivity index (χ2n) is 6.10. The Morgan fingerprint density at radius 1 is 1.32 bits per heavy atom. The zero-order valence-corrected chi connectivity index (χ0v) is 12.8. The molecule has 0 radical (unpaired) electrons. The fraction of sp³-hybridized carbons (Fsp3) is 0.375. The van der Waals surface area contributed by atoms with E-state index in [0.717, 1.165) is 16.5 Å². The highest BCUT2D eigenvalue weighted by Gasteiger charge is 2.24. The van der Waals surface area contributed by atoms with E-state index in [0.29, 0.717) is 0 Å². The Bertz CT molecular complexity index is 685. The molecule has 0 aliphatic carbocycles. The van der Waals surface area contributed by atoms with Crippen LogP contribution in [0.3, 0.4) is 0 Å². The van der Waals surface area contributed by atoms with Gasteiger partial charge in [-0.3, -0.25) is 0 Å². The van der Waals surface area contributed by atoms with Gasteiger partial charge < -0.3 is 20.1 Å². The van der Waals surface area contributed by atoms with Crippen molar-refractivity contribution in [1.29, 1.82) is 0 Å². The maximum absolute atomic E-state index is 11.8. The number of aliphatic carboxylic acids is 1. The van der Waals surface area contributed by atoms with Gasteiger partial charge in [0.05, 0.1) is 0 Å². The van der Waals surface area contributed by atoms with Gasteiger partial charge in [-0.2, -0.15) is 0 Å². The van der Waals surface area contributed by atoms with Crippen molar-refractivity contribution in [3.8, 4) is 0 Å². The number of alkyl carbamates (subject to hydrolysis) is 1. The molecule has 3 N–H and O–H groups in total. The highest BCUT2D eigenvalue weighted by molar-refractivity contribution is 5.85. The molecule has 1 heterocycles. The fourth-order valence-electron chi connectivity index (χ4n) is 2.19. The second-order valence-corrected chi connectivity index (χ2v) is 6.10. The first-order chi connectivity index (χ1) is 10.3. The number of aromatic nitrogens is 1. The van der Waals surface area contributed by atoms with E-state index in [-0.39, 0.29) is 6.42 Å². The Morgan fingerprint density at radius 3 is 2.68 bits per heavy atom. The van der Waals surface area contributed by atoms with Crippen LogP contribution in [0.25, 0.3) is 10.9 Å². The van der Waals surface area contributed by atoms with Crippen molar-refractivity contribution in [1.82, 2.24) is 10.3 Å². The average Bonchev–Trinajstić information content (AvgIpc) is 2.84. The van der Waals surface area contributed by atoms with Gasteiger partial charge in [0.2, 0.25) is 0 Å². The van der Waals surface area contributed by atoms with Gasteiger partial charge in [0, 0.05) is 18.1 Å². The van der Waals surface area contributed by atoms with Gasteiger partial charge in [-0.1, -0.05) is 18.2 Å². The molecule has 0 aliphatic rings. The number of rotatable bonds is 4. The third kappa shape index (κ3) is 4.00. The van der Waals surface area contributed by atoms with Crippen molar-refractivity contribution in [3.05, 3.63) is 36.0 Å². The molecule has 6 nitrogen and oxygen atoms in total. The summed E-state index contributed by atoms with van der Waals surface area (Å²) in [5, 5.41) is 12.7. The maximum Gasteiger partial charge on any atom is 0.408 e. The van der Waals surface area contributed by atoms with Crippen molar-refractivity contribution in [2.45, 2.75) is 38.8 Å². The monoisotopic (exact) mass is 304 g/mol. The van der Waals surface area contributed by atoms with Gasteiger partial charge in [0.15, 0.2) is 0 Å². The van der Waals surface area contributed by atoms with Crippen LogP contribution in [0.4, 0.5) is 4.79 Å². The third-order valence-corrected chi connectivity index (χ3v) is 3.09. The van der Waals surface area contributed by atoms with Gasteiger partial charge in [-0.25, -0.2) is 9.59 Å². The normalized spacial score (nSPS) is 12.9. The number of carbonyl (C=O) groups is 2. The van der Waals surface area contributed by atoms with Crippen LogP contribution in [0.15, 0.2) is 30.5 Å². The number of benzene rings is 1. The van der Waals surface area contributed by atoms with Crippen LogP contribution in [0.2, 0.25) is 0 Å². The van der Waals surface area contributed by atoms with Crippen molar-refractivity contribution >= 4 is 23.0 Å². The second kappa shape index (κ2) is 6.09. The number of hydrogen-bond donors (Lipinski definition) is 3. The predicted molar refractivity (Wildman–Crippen MR) is 82.8 cm³/mol. The van der Waals surface area contributed by atoms with E-state index < -0.39 is 23.7 Å². The molecule has 0 saturated heterocycles. The van der Waals surface area contributed by atoms with Crippen LogP contribution in [0.1, 0.15) is 26.3 Å². The smallest absolute Gasteiger partial charge is 0.408 e. The lowest BCUT2D eigenvalue weighted by atomic mass is 10.0. The molecular weight excluding hydrogens is 284 g/mol. The molecule has 22 heavy (non-hydrogen) atoms. The number of nitrogens with one attached hydrogen (secondary N) is 2. The summed E-state index contributed by atoms with van der Waals surface area (Å²) in [6.45, 7) is 5.17. The first kappa shape index (κ1) is 15.9. The minimum Gasteiger partial charge on any atom is -0.480 e. The molecule has 1 atom stereocenters. The summed E-state index contributed by atoms with van der Waals surface area (Å²) in [6.07, 6.45) is 1.23. The van der Waals surface area contributed by atoms with Crippen LogP contribution in [-0.2, 0) is 16.0 Å². The molecule has 1 aromatic heterocycles. The topological polar surface area (TPSA) is 91.4 Å². The lowest BCUT2D eigenvalue weighted by Gasteiger charge is -2.22. The standard InChI is InChI=1S/C16H20N2O4/c1-16(2,3)22-15(21)18-12(14(19)20)9-11-6-4-5-10-7-8-17-13(10)11/h4-8,12,17H,9H2,1-3H3,(H,18,21)(H,19,20). The van der Waals surface area contributed by atoms with E-state index >= 15 is 0 Å². The Labute approximate surface area is 128 Å². The van der Waals surface area contributed by atoms with E-state index in [1.54, 1.807) is 27.0 Å². The van der Waals surface area contributed by atoms with Crippen LogP contribution in [0, 0.1) is 0 Å². The molecule has 0 fully saturated rings. The number of ether oxygens (including phenoxy) is 1. The van der Waals surface area contributed by atoms with Crippen LogP contribution < -0.4 is 5.32 Å². The number of aromatic amines is 1. The Balaban J connectivity index is 2.14. The molecule has 2 rings (SSSR count). The minimum atomic E-state index is -1.10. The fourth-order valence-corrected chi connectivity index (χ4v) is 2.19. The van der Waals surface area contributed by atoms with Gasteiger partial charge in [-0.05, 0) is 37.8 Å². The summed E-state index contributed by atoms with van der Waals surface area (Å²) in [5.41, 5.74) is 1.03. The molecule has 6 heteroatoms. The molecule has 0 bridgehead atoms. The SMILES string of the molecule is CC(C)(C)OC(=O)NC(Cc1cccc2cc[nH]c12)C(=O)O. The molecule has 2 aromatic rings. The van der Waals surface area contributed by atoms with E-state index in [9.17, 15) is 14.7 Å². The van der Waals surface area contributed by atoms with Crippen molar-refractivity contribution < 1.29 is 19.4 Å². The molecule has 1 aromatic carbocycles. The zero-order valence-electron chi connectivity index (χ0n) is 12.8. The largest absolute Gasteiger partial charge is 0.480 e. The molecule has 0 saturated carbocycles. The highest BCUT2D eigenvalue weighted by Crippen LogP contribution is 2.18. The van der Waals surface area contributed by atoms with Crippen LogP contribution in [0.5, 0.6) is 0 Å². The molecule has 1 unspecified atom stereocenters. The number of para-hydroxylation sites is 1. The molecule has 0 spiro atoms. The number of carbonyl (C=O) groups excluding carboxylic acids is 1. The van der Waals surface area contributed by atoms with E-state index in [1.807, 2.05) is 24.3 Å². The molecule has 1 amide bonds. The van der Waals surface area contributed by atoms with Gasteiger partial charge in [-0.15, -0.1) is 0 Å². The van der Waals surface area contributed by atoms with Crippen molar-refractivity contribution in [2.24, 2.45) is 0 Å². The summed E-state index contributed by atoms with van der Waals surface area (Å²) in [5.74, 6) is -1.10. The number of amides is 1. The van der Waals surface area contributed by atoms with Crippen molar-refractivity contribution in [2.75, 3.05) is 0 Å². The number of carboxylic acid groups (broad SMARTS) is 1. The maximum atomic E-state index is 11.8. The third-order valence-electron chi connectivity index (χ3n) is 3.09. The van der Waals surface area contributed by atoms with Crippen molar-refractivity contribution in [3.63, 3.8) is 0 Å². The predicted octanol–water partition coefficient (Wildman–Crippen LogP) is 2.69. The number of carboxylic acids is 1. The first-order valence-corrected chi connectivity index (χ1v) is 7.03. The number of H-pyrrole nitrogens is 1. The Kier molecular flexibility index (Phi) is 4.40. The quantitative estimate of drug-likeness (QED) is 0.810. The average molecular weight is 304 g/mol. The van der Waals surface area contributed by atoms with Crippen LogP contribution >= 0.6 is 0 Å².